The lowest BCUT2D eigenvalue weighted by atomic mass is 9.87. The van der Waals surface area contributed by atoms with E-state index in [1.165, 1.54) is 11.1 Å². The molecule has 2 aromatic rings. The van der Waals surface area contributed by atoms with Gasteiger partial charge in [0.1, 0.15) is 19.1 Å². The number of hydrogen-bond acceptors (Lipinski definition) is 2. The summed E-state index contributed by atoms with van der Waals surface area (Å²) in [6, 6.07) is 18.6. The molecule has 0 aliphatic heterocycles. The van der Waals surface area contributed by atoms with Crippen LogP contribution in [-0.2, 0) is 16.8 Å². The van der Waals surface area contributed by atoms with Crippen molar-refractivity contribution in [2.45, 2.75) is 32.8 Å². The molecule has 0 saturated carbocycles. The number of rotatable bonds is 3. The molecule has 0 heterocycles. The first kappa shape index (κ1) is 16.0. The highest BCUT2D eigenvalue weighted by Gasteiger charge is 2.12. The van der Waals surface area contributed by atoms with Crippen molar-refractivity contribution in [3.8, 4) is 5.75 Å². The van der Waals surface area contributed by atoms with Gasteiger partial charge in [-0.1, -0.05) is 63.2 Å². The number of hydrogen-bond donors (Lipinski definition) is 0. The minimum absolute atomic E-state index is 0.192. The van der Waals surface area contributed by atoms with E-state index in [1.54, 1.807) is 0 Å². The van der Waals surface area contributed by atoms with Gasteiger partial charge in [-0.15, -0.1) is 0 Å². The molecule has 2 aromatic carbocycles. The fourth-order valence-electron chi connectivity index (χ4n) is 1.79. The highest BCUT2D eigenvalue weighted by atomic mass is 16.5. The maximum atomic E-state index is 8.00. The highest BCUT2D eigenvalue weighted by Crippen LogP contribution is 2.24. The highest BCUT2D eigenvalue weighted by molar-refractivity contribution is 5.31. The van der Waals surface area contributed by atoms with Gasteiger partial charge in [0, 0.05) is 0 Å². The lowest BCUT2D eigenvalue weighted by molar-refractivity contribution is -0.0979. The van der Waals surface area contributed by atoms with Crippen LogP contribution in [0.1, 0.15) is 31.9 Å². The van der Waals surface area contributed by atoms with Crippen LogP contribution in [0, 0.1) is 0 Å². The van der Waals surface area contributed by atoms with Gasteiger partial charge in [-0.3, -0.25) is 0 Å². The summed E-state index contributed by atoms with van der Waals surface area (Å²) in [7, 11) is 0. The standard InChI is InChI=1S/C17H20O.CH2O/c1-17(2,3)15-9-11-16(12-10-15)18-13-14-7-5-4-6-8-14;1-2/h4-12H,13H2,1-3H3;1H2. The summed E-state index contributed by atoms with van der Waals surface area (Å²) in [4.78, 5) is 8.00. The lowest BCUT2D eigenvalue weighted by Crippen LogP contribution is -2.10. The van der Waals surface area contributed by atoms with E-state index in [2.05, 4.69) is 45.0 Å². The zero-order chi connectivity index (χ0) is 15.0. The van der Waals surface area contributed by atoms with Gasteiger partial charge in [-0.25, -0.2) is 0 Å². The number of carbonyl (C=O) groups is 1. The van der Waals surface area contributed by atoms with Crippen molar-refractivity contribution in [3.05, 3.63) is 65.7 Å². The Morgan fingerprint density at radius 1 is 0.900 bits per heavy atom. The van der Waals surface area contributed by atoms with Crippen molar-refractivity contribution >= 4 is 6.79 Å². The third-order valence-electron chi connectivity index (χ3n) is 2.97. The van der Waals surface area contributed by atoms with Gasteiger partial charge < -0.3 is 9.53 Å². The predicted octanol–water partition coefficient (Wildman–Crippen LogP) is 4.38. The Bertz CT molecular complexity index is 495. The summed E-state index contributed by atoms with van der Waals surface area (Å²) in [5.74, 6) is 0.923. The molecule has 2 nitrogen and oxygen atoms in total. The summed E-state index contributed by atoms with van der Waals surface area (Å²) < 4.78 is 5.76. The van der Waals surface area contributed by atoms with Crippen molar-refractivity contribution in [2.24, 2.45) is 0 Å². The van der Waals surface area contributed by atoms with Crippen LogP contribution in [0.25, 0.3) is 0 Å². The Morgan fingerprint density at radius 2 is 1.45 bits per heavy atom. The van der Waals surface area contributed by atoms with Crippen LogP contribution in [0.2, 0.25) is 0 Å². The number of ether oxygens (including phenoxy) is 1. The molecule has 0 aliphatic carbocycles. The molecule has 0 N–H and O–H groups in total. The minimum atomic E-state index is 0.192. The minimum Gasteiger partial charge on any atom is -0.489 e. The third-order valence-corrected chi connectivity index (χ3v) is 2.97. The molecular weight excluding hydrogens is 248 g/mol. The van der Waals surface area contributed by atoms with E-state index in [-0.39, 0.29) is 5.41 Å². The van der Waals surface area contributed by atoms with Crippen LogP contribution >= 0.6 is 0 Å². The van der Waals surface area contributed by atoms with Crippen LogP contribution in [0.5, 0.6) is 5.75 Å². The Balaban J connectivity index is 0.000000956. The van der Waals surface area contributed by atoms with Crippen LogP contribution in [-0.4, -0.2) is 6.79 Å². The van der Waals surface area contributed by atoms with Crippen LogP contribution in [0.4, 0.5) is 0 Å². The monoisotopic (exact) mass is 270 g/mol. The summed E-state index contributed by atoms with van der Waals surface area (Å²) in [6.45, 7) is 9.27. The van der Waals surface area contributed by atoms with Crippen molar-refractivity contribution < 1.29 is 9.53 Å². The number of carbonyl (C=O) groups excluding carboxylic acids is 1. The van der Waals surface area contributed by atoms with Crippen molar-refractivity contribution in [1.29, 1.82) is 0 Å². The summed E-state index contributed by atoms with van der Waals surface area (Å²) in [5, 5.41) is 0. The van der Waals surface area contributed by atoms with E-state index in [9.17, 15) is 0 Å². The van der Waals surface area contributed by atoms with Gasteiger partial charge in [-0.05, 0) is 28.7 Å². The first-order chi connectivity index (χ1) is 9.55. The number of benzene rings is 2. The van der Waals surface area contributed by atoms with Crippen molar-refractivity contribution in [2.75, 3.05) is 0 Å². The average Bonchev–Trinajstić information content (AvgIpc) is 2.48. The molecule has 0 aromatic heterocycles. The second-order valence-electron chi connectivity index (χ2n) is 5.55. The van der Waals surface area contributed by atoms with E-state index in [4.69, 9.17) is 9.53 Å². The van der Waals surface area contributed by atoms with Gasteiger partial charge >= 0.3 is 0 Å². The Morgan fingerprint density at radius 3 is 1.95 bits per heavy atom. The molecule has 2 rings (SSSR count). The van der Waals surface area contributed by atoms with E-state index >= 15 is 0 Å². The SMILES string of the molecule is C=O.CC(C)(C)c1ccc(OCc2ccccc2)cc1. The normalized spacial score (nSPS) is 10.3. The first-order valence-electron chi connectivity index (χ1n) is 6.62. The maximum Gasteiger partial charge on any atom is 0.119 e. The maximum absolute atomic E-state index is 8.00. The Labute approximate surface area is 121 Å². The molecule has 0 atom stereocenters. The Kier molecular flexibility index (Phi) is 5.98. The molecule has 0 saturated heterocycles. The molecule has 0 radical (unpaired) electrons. The smallest absolute Gasteiger partial charge is 0.119 e. The van der Waals surface area contributed by atoms with E-state index in [0.717, 1.165) is 5.75 Å². The fourth-order valence-corrected chi connectivity index (χ4v) is 1.79. The predicted molar refractivity (Wildman–Crippen MR) is 83.0 cm³/mol. The Hall–Kier alpha value is -2.09. The largest absolute Gasteiger partial charge is 0.489 e. The van der Waals surface area contributed by atoms with Crippen LogP contribution < -0.4 is 4.74 Å². The molecular formula is C18H22O2. The zero-order valence-electron chi connectivity index (χ0n) is 12.4. The molecule has 2 heteroatoms. The third kappa shape index (κ3) is 4.88. The topological polar surface area (TPSA) is 26.3 Å². The molecule has 106 valence electrons. The van der Waals surface area contributed by atoms with Crippen LogP contribution in [0.3, 0.4) is 0 Å². The van der Waals surface area contributed by atoms with Crippen molar-refractivity contribution in [1.82, 2.24) is 0 Å². The second-order valence-corrected chi connectivity index (χ2v) is 5.55. The molecule has 0 fully saturated rings. The quantitative estimate of drug-likeness (QED) is 0.827. The second kappa shape index (κ2) is 7.49. The lowest BCUT2D eigenvalue weighted by Gasteiger charge is -2.19. The molecule has 0 bridgehead atoms. The first-order valence-corrected chi connectivity index (χ1v) is 6.62. The zero-order valence-corrected chi connectivity index (χ0v) is 12.4. The van der Waals surface area contributed by atoms with Gasteiger partial charge in [-0.2, -0.15) is 0 Å². The fraction of sp³-hybridized carbons (Fsp3) is 0.278. The van der Waals surface area contributed by atoms with Gasteiger partial charge in [0.25, 0.3) is 0 Å². The van der Waals surface area contributed by atoms with Crippen LogP contribution in [0.15, 0.2) is 54.6 Å². The molecule has 20 heavy (non-hydrogen) atoms. The molecule has 0 unspecified atom stereocenters. The van der Waals surface area contributed by atoms with Gasteiger partial charge in [0.15, 0.2) is 0 Å². The molecule has 0 amide bonds. The van der Waals surface area contributed by atoms with Gasteiger partial charge in [0.05, 0.1) is 0 Å². The van der Waals surface area contributed by atoms with Gasteiger partial charge in [0.2, 0.25) is 0 Å². The summed E-state index contributed by atoms with van der Waals surface area (Å²) in [5.41, 5.74) is 2.71. The van der Waals surface area contributed by atoms with E-state index < -0.39 is 0 Å². The van der Waals surface area contributed by atoms with E-state index in [1.807, 2.05) is 37.1 Å². The summed E-state index contributed by atoms with van der Waals surface area (Å²) in [6.07, 6.45) is 0. The average molecular weight is 270 g/mol. The molecule has 0 spiro atoms. The van der Waals surface area contributed by atoms with Crippen molar-refractivity contribution in [3.63, 3.8) is 0 Å². The van der Waals surface area contributed by atoms with E-state index in [0.29, 0.717) is 6.61 Å². The molecule has 0 aliphatic rings. The summed E-state index contributed by atoms with van der Waals surface area (Å²) >= 11 is 0.